The van der Waals surface area contributed by atoms with Gasteiger partial charge in [0.2, 0.25) is 11.8 Å². The van der Waals surface area contributed by atoms with E-state index >= 15 is 0 Å². The van der Waals surface area contributed by atoms with Crippen molar-refractivity contribution in [3.63, 3.8) is 0 Å². The molecule has 4 aromatic heterocycles. The average molecular weight is 512 g/mol. The van der Waals surface area contributed by atoms with Crippen molar-refractivity contribution < 1.29 is 24.9 Å². The van der Waals surface area contributed by atoms with Gasteiger partial charge in [0.25, 0.3) is 0 Å². The van der Waals surface area contributed by atoms with E-state index in [9.17, 15) is 0 Å². The van der Waals surface area contributed by atoms with Gasteiger partial charge in [-0.3, -0.25) is 4.90 Å². The molecule has 5 heterocycles. The second-order valence-electron chi connectivity index (χ2n) is 7.99. The molecule has 2 N–H and O–H groups in total. The van der Waals surface area contributed by atoms with E-state index < -0.39 is 32.5 Å². The number of nitrogens with two attached hydrogens (primary N) is 1. The molecule has 1 aliphatic rings. The fraction of sp³-hybridized carbons (Fsp3) is 0.360. The monoisotopic (exact) mass is 511 g/mol. The lowest BCUT2D eigenvalue weighted by atomic mass is 10.2. The Kier molecular flexibility index (Phi) is 4.31. The minimum atomic E-state index is -3.04. The third-order valence-electron chi connectivity index (χ3n) is 5.62. The summed E-state index contributed by atoms with van der Waals surface area (Å²) in [5.41, 5.74) is 6.66. The van der Waals surface area contributed by atoms with E-state index in [1.165, 1.54) is 53.0 Å². The molecule has 1 aliphatic heterocycles. The molecule has 0 atom stereocenters. The first-order chi connectivity index (χ1) is 21.2. The van der Waals surface area contributed by atoms with Crippen molar-refractivity contribution in [1.82, 2.24) is 34.3 Å². The van der Waals surface area contributed by atoms with Crippen LogP contribution in [0, 0.1) is 0 Å². The van der Waals surface area contributed by atoms with E-state index in [1.807, 2.05) is 0 Å². The van der Waals surface area contributed by atoms with E-state index in [0.717, 1.165) is 0 Å². The summed E-state index contributed by atoms with van der Waals surface area (Å²) in [6.07, 6.45) is 2.94. The van der Waals surface area contributed by atoms with Crippen LogP contribution in [0.4, 0.5) is 11.6 Å². The minimum absolute atomic E-state index is 0.0217. The Hall–Kier alpha value is -4.16. The highest BCUT2D eigenvalue weighted by Gasteiger charge is 2.20. The summed E-state index contributed by atoms with van der Waals surface area (Å²) in [5, 5.41) is 9.10. The van der Waals surface area contributed by atoms with Crippen molar-refractivity contribution in [3.8, 4) is 17.3 Å². The summed E-state index contributed by atoms with van der Waals surface area (Å²) in [5.74, 6) is 1.07. The summed E-state index contributed by atoms with van der Waals surface area (Å²) in [6.45, 7) is -12.2. The quantitative estimate of drug-likeness (QED) is 0.294. The first kappa shape index (κ1) is 15.8. The van der Waals surface area contributed by atoms with Crippen LogP contribution < -0.4 is 15.4 Å². The number of nitrogen functional groups attached to an aromatic ring is 1. The van der Waals surface area contributed by atoms with Crippen LogP contribution in [0.25, 0.3) is 28.3 Å². The molecule has 0 bridgehead atoms. The highest BCUT2D eigenvalue weighted by Crippen LogP contribution is 2.24. The van der Waals surface area contributed by atoms with Gasteiger partial charge in [0.15, 0.2) is 17.1 Å². The second-order valence-corrected chi connectivity index (χ2v) is 7.99. The number of piperazine rings is 1. The smallest absolute Gasteiger partial charge is 0.225 e. The Morgan fingerprint density at radius 1 is 1.03 bits per heavy atom. The van der Waals surface area contributed by atoms with E-state index in [4.69, 9.17) is 30.6 Å². The summed E-state index contributed by atoms with van der Waals surface area (Å²) >= 11 is 0. The molecule has 0 unspecified atom stereocenters. The summed E-state index contributed by atoms with van der Waals surface area (Å²) in [4.78, 5) is 9.89. The SMILES string of the molecule is [2H]C1([2H])N(CCn2ncc3c2nc(N)n2nc(-c4ccco4)nc32)C([2H])([2H])C([2H])([2H])N(c2ccc(OCCOC)cc2)C1([2H])[2H]. The van der Waals surface area contributed by atoms with Crippen molar-refractivity contribution in [2.24, 2.45) is 0 Å². The highest BCUT2D eigenvalue weighted by atomic mass is 16.5. The molecule has 192 valence electrons. The number of nitrogens with zero attached hydrogens (tertiary/aromatic N) is 8. The number of rotatable bonds is 9. The van der Waals surface area contributed by atoms with Gasteiger partial charge in [0.1, 0.15) is 12.4 Å². The fourth-order valence-corrected chi connectivity index (χ4v) is 3.78. The molecule has 6 rings (SSSR count). The number of fused-ring (bicyclic) bond motifs is 3. The van der Waals surface area contributed by atoms with Crippen molar-refractivity contribution >= 4 is 28.3 Å². The first-order valence-electron chi connectivity index (χ1n) is 15.4. The van der Waals surface area contributed by atoms with Crippen LogP contribution >= 0.6 is 0 Å². The number of anilines is 2. The molecule has 0 amide bonds. The Bertz CT molecular complexity index is 1800. The molecule has 0 spiro atoms. The van der Waals surface area contributed by atoms with Gasteiger partial charge in [-0.2, -0.15) is 14.6 Å². The van der Waals surface area contributed by atoms with E-state index in [-0.39, 0.29) is 36.3 Å². The van der Waals surface area contributed by atoms with Gasteiger partial charge in [-0.05, 0) is 36.4 Å². The van der Waals surface area contributed by atoms with Gasteiger partial charge >= 0.3 is 0 Å². The lowest BCUT2D eigenvalue weighted by Gasteiger charge is -2.36. The molecular formula is C25H29N9O3. The average Bonchev–Trinajstić information content (AvgIpc) is 3.73. The van der Waals surface area contributed by atoms with Crippen molar-refractivity contribution in [1.29, 1.82) is 0 Å². The molecule has 0 radical (unpaired) electrons. The molecule has 12 nitrogen and oxygen atoms in total. The number of hydrogen-bond acceptors (Lipinski definition) is 10. The predicted octanol–water partition coefficient (Wildman–Crippen LogP) is 2.16. The molecule has 1 fully saturated rings. The van der Waals surface area contributed by atoms with Crippen LogP contribution in [0.2, 0.25) is 0 Å². The maximum absolute atomic E-state index is 8.79. The van der Waals surface area contributed by atoms with Crippen molar-refractivity contribution in [2.45, 2.75) is 6.54 Å². The van der Waals surface area contributed by atoms with Crippen LogP contribution in [0.1, 0.15) is 11.0 Å². The largest absolute Gasteiger partial charge is 0.491 e. The summed E-state index contributed by atoms with van der Waals surface area (Å²) in [6, 6.07) is 9.03. The Morgan fingerprint density at radius 3 is 2.62 bits per heavy atom. The van der Waals surface area contributed by atoms with Gasteiger partial charge in [0, 0.05) is 50.8 Å². The molecule has 1 saturated heterocycles. The number of furan rings is 1. The molecule has 5 aromatic rings. The Labute approximate surface area is 224 Å². The summed E-state index contributed by atoms with van der Waals surface area (Å²) < 4.78 is 88.8. The molecule has 0 saturated carbocycles. The fourth-order valence-electron chi connectivity index (χ4n) is 3.78. The van der Waals surface area contributed by atoms with Crippen LogP contribution in [0.5, 0.6) is 5.75 Å². The van der Waals surface area contributed by atoms with Gasteiger partial charge in [-0.25, -0.2) is 9.67 Å². The number of benzene rings is 1. The Morgan fingerprint density at radius 2 is 1.86 bits per heavy atom. The number of aromatic nitrogens is 6. The topological polar surface area (TPSA) is 125 Å². The Balaban J connectivity index is 1.30. The van der Waals surface area contributed by atoms with Crippen LogP contribution in [0.15, 0.2) is 53.3 Å². The minimum Gasteiger partial charge on any atom is -0.491 e. The second kappa shape index (κ2) is 10.1. The maximum atomic E-state index is 8.79. The van der Waals surface area contributed by atoms with Gasteiger partial charge in [-0.1, -0.05) is 0 Å². The van der Waals surface area contributed by atoms with Gasteiger partial charge in [-0.15, -0.1) is 5.10 Å². The number of methoxy groups -OCH3 is 1. The van der Waals surface area contributed by atoms with E-state index in [0.29, 0.717) is 38.9 Å². The van der Waals surface area contributed by atoms with Crippen LogP contribution in [-0.4, -0.2) is 87.1 Å². The molecule has 1 aromatic carbocycles. The third-order valence-corrected chi connectivity index (χ3v) is 5.62. The number of hydrogen-bond donors (Lipinski definition) is 1. The third kappa shape index (κ3) is 4.68. The van der Waals surface area contributed by atoms with E-state index in [1.54, 1.807) is 12.1 Å². The highest BCUT2D eigenvalue weighted by molar-refractivity contribution is 5.90. The zero-order chi connectivity index (χ0) is 32.4. The van der Waals surface area contributed by atoms with Crippen molar-refractivity contribution in [3.05, 3.63) is 48.9 Å². The standard InChI is InChI=1S/C25H29N9O3/c1-35-15-16-36-19-6-4-18(5-7-19)32-11-8-31(9-12-32)10-13-33-23-20(17-27-33)24-28-22(21-3-2-14-37-21)30-34(24)25(26)29-23/h2-7,14,17H,8-13,15-16H2,1H3,(H2,26,29)/i8D2,9D2,11D2,12D2. The predicted molar refractivity (Wildman–Crippen MR) is 139 cm³/mol. The van der Waals surface area contributed by atoms with Gasteiger partial charge in [0.05, 0.1) is 36.5 Å². The lowest BCUT2D eigenvalue weighted by molar-refractivity contribution is 0.146. The molecule has 37 heavy (non-hydrogen) atoms. The first-order valence-corrected chi connectivity index (χ1v) is 11.4. The van der Waals surface area contributed by atoms with E-state index in [2.05, 4.69) is 20.2 Å². The number of ether oxygens (including phenoxy) is 2. The van der Waals surface area contributed by atoms with Crippen LogP contribution in [0.3, 0.4) is 0 Å². The van der Waals surface area contributed by atoms with Crippen molar-refractivity contribution in [2.75, 3.05) is 63.5 Å². The molecule has 0 aliphatic carbocycles. The maximum Gasteiger partial charge on any atom is 0.225 e. The zero-order valence-corrected chi connectivity index (χ0v) is 19.8. The molecule has 12 heteroatoms. The molecular weight excluding hydrogens is 474 g/mol. The zero-order valence-electron chi connectivity index (χ0n) is 27.8. The summed E-state index contributed by atoms with van der Waals surface area (Å²) in [7, 11) is 1.52. The normalized spacial score (nSPS) is 23.3. The lowest BCUT2D eigenvalue weighted by Crippen LogP contribution is -2.47. The van der Waals surface area contributed by atoms with Gasteiger partial charge < -0.3 is 24.5 Å². The van der Waals surface area contributed by atoms with Crippen LogP contribution in [-0.2, 0) is 11.3 Å².